The van der Waals surface area contributed by atoms with Crippen LogP contribution < -0.4 is 4.74 Å². The van der Waals surface area contributed by atoms with Crippen molar-refractivity contribution in [1.82, 2.24) is 9.80 Å². The average molecular weight is 394 g/mol. The summed E-state index contributed by atoms with van der Waals surface area (Å²) in [7, 11) is 5.39. The largest absolute Gasteiger partial charge is 0.507 e. The van der Waals surface area contributed by atoms with Crippen molar-refractivity contribution in [3.8, 4) is 5.75 Å². The van der Waals surface area contributed by atoms with Crippen molar-refractivity contribution < 1.29 is 19.4 Å². The van der Waals surface area contributed by atoms with E-state index < -0.39 is 17.7 Å². The summed E-state index contributed by atoms with van der Waals surface area (Å²) >= 11 is 0. The molecule has 1 N–H and O–H groups in total. The SMILES string of the molecule is COc1ccc(C2/C(=C(\O)c3ccc(C)cc3)C(=O)C(=O)N2CCN(C)C)cc1. The average Bonchev–Trinajstić information content (AvgIpc) is 2.97. The van der Waals surface area contributed by atoms with E-state index >= 15 is 0 Å². The van der Waals surface area contributed by atoms with Gasteiger partial charge in [-0.3, -0.25) is 9.59 Å². The Labute approximate surface area is 171 Å². The molecule has 1 saturated heterocycles. The Bertz CT molecular complexity index is 930. The molecule has 2 aromatic rings. The second-order valence-corrected chi connectivity index (χ2v) is 7.43. The maximum absolute atomic E-state index is 12.9. The zero-order chi connectivity index (χ0) is 21.1. The highest BCUT2D eigenvalue weighted by molar-refractivity contribution is 6.46. The van der Waals surface area contributed by atoms with E-state index in [9.17, 15) is 14.7 Å². The Morgan fingerprint density at radius 3 is 2.24 bits per heavy atom. The van der Waals surface area contributed by atoms with Crippen LogP contribution in [0, 0.1) is 6.92 Å². The fourth-order valence-corrected chi connectivity index (χ4v) is 3.42. The summed E-state index contributed by atoms with van der Waals surface area (Å²) in [5, 5.41) is 11.0. The molecule has 1 atom stereocenters. The van der Waals surface area contributed by atoms with Gasteiger partial charge < -0.3 is 19.6 Å². The van der Waals surface area contributed by atoms with Gasteiger partial charge in [0.15, 0.2) is 0 Å². The Morgan fingerprint density at radius 2 is 1.69 bits per heavy atom. The quantitative estimate of drug-likeness (QED) is 0.463. The molecular weight excluding hydrogens is 368 g/mol. The summed E-state index contributed by atoms with van der Waals surface area (Å²) in [6.45, 7) is 2.92. The Morgan fingerprint density at radius 1 is 1.07 bits per heavy atom. The molecule has 3 rings (SSSR count). The van der Waals surface area contributed by atoms with Gasteiger partial charge in [0.05, 0.1) is 18.7 Å². The topological polar surface area (TPSA) is 70.1 Å². The van der Waals surface area contributed by atoms with E-state index in [1.54, 1.807) is 31.4 Å². The summed E-state index contributed by atoms with van der Waals surface area (Å²) in [6.07, 6.45) is 0. The normalized spacial score (nSPS) is 18.5. The van der Waals surface area contributed by atoms with Gasteiger partial charge in [-0.15, -0.1) is 0 Å². The van der Waals surface area contributed by atoms with Crippen LogP contribution in [0.25, 0.3) is 5.76 Å². The van der Waals surface area contributed by atoms with Crippen LogP contribution in [0.4, 0.5) is 0 Å². The van der Waals surface area contributed by atoms with Crippen LogP contribution >= 0.6 is 0 Å². The third-order valence-corrected chi connectivity index (χ3v) is 5.08. The van der Waals surface area contributed by atoms with Gasteiger partial charge in [0.1, 0.15) is 11.5 Å². The van der Waals surface area contributed by atoms with Crippen molar-refractivity contribution in [2.24, 2.45) is 0 Å². The van der Waals surface area contributed by atoms with Gasteiger partial charge >= 0.3 is 0 Å². The summed E-state index contributed by atoms with van der Waals surface area (Å²) in [4.78, 5) is 29.2. The summed E-state index contributed by atoms with van der Waals surface area (Å²) in [6, 6.07) is 13.8. The van der Waals surface area contributed by atoms with Crippen molar-refractivity contribution in [2.45, 2.75) is 13.0 Å². The molecule has 1 fully saturated rings. The highest BCUT2D eigenvalue weighted by atomic mass is 16.5. The number of rotatable bonds is 6. The van der Waals surface area contributed by atoms with Crippen LogP contribution in [-0.4, -0.2) is 60.9 Å². The van der Waals surface area contributed by atoms with Crippen molar-refractivity contribution in [1.29, 1.82) is 0 Å². The van der Waals surface area contributed by atoms with Crippen molar-refractivity contribution in [3.05, 3.63) is 70.8 Å². The highest BCUT2D eigenvalue weighted by Crippen LogP contribution is 2.39. The fourth-order valence-electron chi connectivity index (χ4n) is 3.42. The molecule has 29 heavy (non-hydrogen) atoms. The molecule has 2 aromatic carbocycles. The first-order valence-corrected chi connectivity index (χ1v) is 9.47. The van der Waals surface area contributed by atoms with Crippen molar-refractivity contribution in [3.63, 3.8) is 0 Å². The summed E-state index contributed by atoms with van der Waals surface area (Å²) < 4.78 is 5.22. The van der Waals surface area contributed by atoms with Gasteiger partial charge in [0.25, 0.3) is 11.7 Å². The monoisotopic (exact) mass is 394 g/mol. The minimum absolute atomic E-state index is 0.114. The van der Waals surface area contributed by atoms with E-state index in [1.807, 2.05) is 50.2 Å². The molecule has 1 heterocycles. The number of hydrogen-bond acceptors (Lipinski definition) is 5. The molecule has 0 aromatic heterocycles. The van der Waals surface area contributed by atoms with Gasteiger partial charge in [-0.1, -0.05) is 42.0 Å². The summed E-state index contributed by atoms with van der Waals surface area (Å²) in [5.74, 6) is -0.738. The molecule has 0 saturated carbocycles. The predicted molar refractivity (Wildman–Crippen MR) is 112 cm³/mol. The zero-order valence-corrected chi connectivity index (χ0v) is 17.2. The fraction of sp³-hybridized carbons (Fsp3) is 0.304. The zero-order valence-electron chi connectivity index (χ0n) is 17.2. The number of ketones is 1. The molecule has 1 unspecified atom stereocenters. The van der Waals surface area contributed by atoms with Crippen molar-refractivity contribution >= 4 is 17.4 Å². The van der Waals surface area contributed by atoms with E-state index in [2.05, 4.69) is 0 Å². The molecule has 1 amide bonds. The van der Waals surface area contributed by atoms with Crippen LogP contribution in [0.3, 0.4) is 0 Å². The number of methoxy groups -OCH3 is 1. The molecule has 6 nitrogen and oxygen atoms in total. The van der Waals surface area contributed by atoms with Gasteiger partial charge in [-0.25, -0.2) is 0 Å². The minimum Gasteiger partial charge on any atom is -0.507 e. The molecule has 0 bridgehead atoms. The minimum atomic E-state index is -0.664. The standard InChI is InChI=1S/C23H26N2O4/c1-15-5-7-17(8-6-15)21(26)19-20(16-9-11-18(29-4)12-10-16)25(14-13-24(2)3)23(28)22(19)27/h5-12,20,26H,13-14H2,1-4H3/b21-19+. The van der Waals surface area contributed by atoms with Crippen LogP contribution in [0.5, 0.6) is 5.75 Å². The number of carbonyl (C=O) groups is 2. The van der Waals surface area contributed by atoms with Gasteiger partial charge in [0, 0.05) is 18.7 Å². The van der Waals surface area contributed by atoms with Crippen LogP contribution in [0.1, 0.15) is 22.7 Å². The van der Waals surface area contributed by atoms with Gasteiger partial charge in [-0.2, -0.15) is 0 Å². The Balaban J connectivity index is 2.12. The van der Waals surface area contributed by atoms with Crippen molar-refractivity contribution in [2.75, 3.05) is 34.3 Å². The first-order chi connectivity index (χ1) is 13.8. The lowest BCUT2D eigenvalue weighted by atomic mass is 9.95. The maximum atomic E-state index is 12.9. The number of ether oxygens (including phenoxy) is 1. The number of benzene rings is 2. The molecule has 152 valence electrons. The van der Waals surface area contributed by atoms with E-state index in [1.165, 1.54) is 4.90 Å². The lowest BCUT2D eigenvalue weighted by Crippen LogP contribution is -2.35. The first-order valence-electron chi connectivity index (χ1n) is 9.47. The number of aliphatic hydroxyl groups is 1. The van der Waals surface area contributed by atoms with Gasteiger partial charge in [-0.05, 0) is 38.7 Å². The van der Waals surface area contributed by atoms with E-state index in [-0.39, 0.29) is 11.3 Å². The third kappa shape index (κ3) is 4.17. The summed E-state index contributed by atoms with van der Waals surface area (Å²) in [5.41, 5.74) is 2.42. The number of Topliss-reactive ketones (excluding diaryl/α,β-unsaturated/α-hetero) is 1. The number of hydrogen-bond donors (Lipinski definition) is 1. The molecule has 1 aliphatic heterocycles. The van der Waals surface area contributed by atoms with E-state index in [4.69, 9.17) is 4.74 Å². The number of aliphatic hydroxyl groups excluding tert-OH is 1. The van der Waals surface area contributed by atoms with E-state index in [0.717, 1.165) is 11.1 Å². The molecule has 1 aliphatic rings. The third-order valence-electron chi connectivity index (χ3n) is 5.08. The number of aryl methyl sites for hydroxylation is 1. The Kier molecular flexibility index (Phi) is 6.03. The number of amides is 1. The van der Waals surface area contributed by atoms with Gasteiger partial charge in [0.2, 0.25) is 0 Å². The predicted octanol–water partition coefficient (Wildman–Crippen LogP) is 2.99. The molecule has 6 heteroatoms. The number of nitrogens with zero attached hydrogens (tertiary/aromatic N) is 2. The number of likely N-dealkylation sites (N-methyl/N-ethyl adjacent to an activating group) is 1. The number of likely N-dealkylation sites (tertiary alicyclic amines) is 1. The first kappa shape index (κ1) is 20.6. The van der Waals surface area contributed by atoms with Crippen LogP contribution in [0.2, 0.25) is 0 Å². The second-order valence-electron chi connectivity index (χ2n) is 7.43. The smallest absolute Gasteiger partial charge is 0.295 e. The lowest BCUT2D eigenvalue weighted by molar-refractivity contribution is -0.140. The highest BCUT2D eigenvalue weighted by Gasteiger charge is 2.45. The molecule has 0 spiro atoms. The van der Waals surface area contributed by atoms with Crippen LogP contribution in [0.15, 0.2) is 54.1 Å². The second kappa shape index (κ2) is 8.49. The molecule has 0 aliphatic carbocycles. The molecular formula is C23H26N2O4. The maximum Gasteiger partial charge on any atom is 0.295 e. The number of carbonyl (C=O) groups excluding carboxylic acids is 2. The molecule has 0 radical (unpaired) electrons. The Hall–Kier alpha value is -3.12. The lowest BCUT2D eigenvalue weighted by Gasteiger charge is -2.26. The van der Waals surface area contributed by atoms with Crippen LogP contribution in [-0.2, 0) is 9.59 Å². The van der Waals surface area contributed by atoms with E-state index in [0.29, 0.717) is 24.4 Å².